The van der Waals surface area contributed by atoms with Gasteiger partial charge in [-0.05, 0) is 19.5 Å². The molecule has 1 aromatic heterocycles. The fourth-order valence-corrected chi connectivity index (χ4v) is 0.777. The van der Waals surface area contributed by atoms with E-state index in [9.17, 15) is 0 Å². The van der Waals surface area contributed by atoms with Crippen LogP contribution in [-0.4, -0.2) is 17.0 Å². The van der Waals surface area contributed by atoms with Crippen LogP contribution in [0.2, 0.25) is 0 Å². The van der Waals surface area contributed by atoms with E-state index >= 15 is 0 Å². The smallest absolute Gasteiger partial charge is 0.115 e. The summed E-state index contributed by atoms with van der Waals surface area (Å²) in [5, 5.41) is 3.03. The molecule has 0 spiro atoms. The number of rotatable bonds is 2. The molecule has 1 rings (SSSR count). The number of hydrogen-bond acceptors (Lipinski definition) is 3. The fraction of sp³-hybridized carbons (Fsp3) is 0.429. The molecule has 0 saturated heterocycles. The summed E-state index contributed by atoms with van der Waals surface area (Å²) in [6, 6.07) is 0. The second-order valence-electron chi connectivity index (χ2n) is 2.18. The molecular weight excluding hydrogens is 126 g/mol. The maximum Gasteiger partial charge on any atom is 0.115 e. The highest BCUT2D eigenvalue weighted by Crippen LogP contribution is 1.98. The molecule has 0 atom stereocenters. The minimum atomic E-state index is 0.814. The van der Waals surface area contributed by atoms with Crippen molar-refractivity contribution in [2.24, 2.45) is 0 Å². The van der Waals surface area contributed by atoms with E-state index in [1.54, 1.807) is 6.33 Å². The Kier molecular flexibility index (Phi) is 2.34. The van der Waals surface area contributed by atoms with Crippen LogP contribution in [0.25, 0.3) is 0 Å². The van der Waals surface area contributed by atoms with Crippen LogP contribution in [0, 0.1) is 6.92 Å². The molecule has 1 aromatic rings. The van der Waals surface area contributed by atoms with Gasteiger partial charge in [0.25, 0.3) is 0 Å². The van der Waals surface area contributed by atoms with Gasteiger partial charge in [0.1, 0.15) is 6.33 Å². The monoisotopic (exact) mass is 137 g/mol. The molecule has 0 bridgehead atoms. The van der Waals surface area contributed by atoms with E-state index in [0.29, 0.717) is 0 Å². The number of hydrogen-bond donors (Lipinski definition) is 1. The Labute approximate surface area is 60.5 Å². The Bertz CT molecular complexity index is 210. The highest BCUT2D eigenvalue weighted by atomic mass is 14.9. The van der Waals surface area contributed by atoms with E-state index in [1.165, 1.54) is 0 Å². The Morgan fingerprint density at radius 1 is 1.60 bits per heavy atom. The average molecular weight is 137 g/mol. The fourth-order valence-electron chi connectivity index (χ4n) is 0.777. The quantitative estimate of drug-likeness (QED) is 0.645. The number of aromatic nitrogens is 2. The SMILES string of the molecule is CNCc1ncncc1C. The largest absolute Gasteiger partial charge is 0.314 e. The molecule has 0 aliphatic heterocycles. The van der Waals surface area contributed by atoms with Gasteiger partial charge in [-0.1, -0.05) is 0 Å². The summed E-state index contributed by atoms with van der Waals surface area (Å²) in [5.41, 5.74) is 2.20. The molecule has 0 fully saturated rings. The molecule has 54 valence electrons. The zero-order valence-corrected chi connectivity index (χ0v) is 6.26. The molecule has 10 heavy (non-hydrogen) atoms. The molecule has 3 heteroatoms. The van der Waals surface area contributed by atoms with Crippen LogP contribution in [0.15, 0.2) is 12.5 Å². The molecule has 0 unspecified atom stereocenters. The molecule has 0 amide bonds. The lowest BCUT2D eigenvalue weighted by Crippen LogP contribution is -2.08. The van der Waals surface area contributed by atoms with Gasteiger partial charge in [0.05, 0.1) is 5.69 Å². The summed E-state index contributed by atoms with van der Waals surface area (Å²) in [7, 11) is 1.90. The molecule has 0 aromatic carbocycles. The number of nitrogens with one attached hydrogen (secondary N) is 1. The lowest BCUT2D eigenvalue weighted by Gasteiger charge is -2.00. The predicted molar refractivity (Wildman–Crippen MR) is 39.5 cm³/mol. The van der Waals surface area contributed by atoms with Crippen LogP contribution in [0.4, 0.5) is 0 Å². The van der Waals surface area contributed by atoms with Crippen LogP contribution in [0.3, 0.4) is 0 Å². The van der Waals surface area contributed by atoms with Crippen molar-refractivity contribution < 1.29 is 0 Å². The normalized spacial score (nSPS) is 9.80. The van der Waals surface area contributed by atoms with E-state index in [2.05, 4.69) is 15.3 Å². The highest BCUT2D eigenvalue weighted by Gasteiger charge is 1.94. The Balaban J connectivity index is 2.81. The van der Waals surface area contributed by atoms with Gasteiger partial charge < -0.3 is 5.32 Å². The van der Waals surface area contributed by atoms with E-state index in [4.69, 9.17) is 0 Å². The van der Waals surface area contributed by atoms with Crippen molar-refractivity contribution in [3.8, 4) is 0 Å². The zero-order chi connectivity index (χ0) is 7.40. The Morgan fingerprint density at radius 3 is 3.00 bits per heavy atom. The third-order valence-corrected chi connectivity index (χ3v) is 1.35. The molecule has 0 saturated carbocycles. The minimum Gasteiger partial charge on any atom is -0.314 e. The first-order valence-corrected chi connectivity index (χ1v) is 3.24. The highest BCUT2D eigenvalue weighted by molar-refractivity contribution is 5.12. The van der Waals surface area contributed by atoms with Crippen molar-refractivity contribution in [3.63, 3.8) is 0 Å². The molecule has 0 aliphatic rings. The van der Waals surface area contributed by atoms with Crippen molar-refractivity contribution >= 4 is 0 Å². The Morgan fingerprint density at radius 2 is 2.40 bits per heavy atom. The molecule has 1 N–H and O–H groups in total. The molecule has 3 nitrogen and oxygen atoms in total. The van der Waals surface area contributed by atoms with E-state index in [0.717, 1.165) is 17.8 Å². The summed E-state index contributed by atoms with van der Waals surface area (Å²) < 4.78 is 0. The molecule has 0 radical (unpaired) electrons. The van der Waals surface area contributed by atoms with Crippen LogP contribution in [0.5, 0.6) is 0 Å². The van der Waals surface area contributed by atoms with Crippen LogP contribution >= 0.6 is 0 Å². The first kappa shape index (κ1) is 7.15. The number of nitrogens with zero attached hydrogens (tertiary/aromatic N) is 2. The number of aryl methyl sites for hydroxylation is 1. The maximum absolute atomic E-state index is 4.09. The van der Waals surface area contributed by atoms with Gasteiger partial charge >= 0.3 is 0 Å². The standard InChI is InChI=1S/C7H11N3/c1-6-3-9-5-10-7(6)4-8-2/h3,5,8H,4H2,1-2H3. The van der Waals surface area contributed by atoms with Crippen molar-refractivity contribution in [2.75, 3.05) is 7.05 Å². The van der Waals surface area contributed by atoms with E-state index < -0.39 is 0 Å². The van der Waals surface area contributed by atoms with Crippen LogP contribution < -0.4 is 5.32 Å². The third kappa shape index (κ3) is 1.51. The van der Waals surface area contributed by atoms with Gasteiger partial charge in [-0.15, -0.1) is 0 Å². The van der Waals surface area contributed by atoms with Gasteiger partial charge in [0, 0.05) is 12.7 Å². The average Bonchev–Trinajstić information content (AvgIpc) is 1.94. The van der Waals surface area contributed by atoms with Gasteiger partial charge in [-0.3, -0.25) is 0 Å². The summed E-state index contributed by atoms with van der Waals surface area (Å²) in [6.45, 7) is 2.82. The van der Waals surface area contributed by atoms with Crippen molar-refractivity contribution in [3.05, 3.63) is 23.8 Å². The summed E-state index contributed by atoms with van der Waals surface area (Å²) in [4.78, 5) is 7.98. The van der Waals surface area contributed by atoms with Gasteiger partial charge in [-0.25, -0.2) is 9.97 Å². The van der Waals surface area contributed by atoms with Crippen molar-refractivity contribution in [1.29, 1.82) is 0 Å². The summed E-state index contributed by atoms with van der Waals surface area (Å²) >= 11 is 0. The van der Waals surface area contributed by atoms with Crippen molar-refractivity contribution in [2.45, 2.75) is 13.5 Å². The first-order chi connectivity index (χ1) is 4.84. The molecular formula is C7H11N3. The summed E-state index contributed by atoms with van der Waals surface area (Å²) in [5.74, 6) is 0. The molecule has 1 heterocycles. The lowest BCUT2D eigenvalue weighted by molar-refractivity contribution is 0.777. The second kappa shape index (κ2) is 3.27. The van der Waals surface area contributed by atoms with Crippen molar-refractivity contribution in [1.82, 2.24) is 15.3 Å². The van der Waals surface area contributed by atoms with Crippen LogP contribution in [-0.2, 0) is 6.54 Å². The first-order valence-electron chi connectivity index (χ1n) is 3.24. The Hall–Kier alpha value is -0.960. The lowest BCUT2D eigenvalue weighted by atomic mass is 10.2. The second-order valence-corrected chi connectivity index (χ2v) is 2.18. The third-order valence-electron chi connectivity index (χ3n) is 1.35. The van der Waals surface area contributed by atoms with Gasteiger partial charge in [0.15, 0.2) is 0 Å². The predicted octanol–water partition coefficient (Wildman–Crippen LogP) is 0.504. The molecule has 0 aliphatic carbocycles. The maximum atomic E-state index is 4.09. The topological polar surface area (TPSA) is 37.8 Å². The minimum absolute atomic E-state index is 0.814. The van der Waals surface area contributed by atoms with Gasteiger partial charge in [0.2, 0.25) is 0 Å². The van der Waals surface area contributed by atoms with Gasteiger partial charge in [-0.2, -0.15) is 0 Å². The van der Waals surface area contributed by atoms with E-state index in [1.807, 2.05) is 20.2 Å². The zero-order valence-electron chi connectivity index (χ0n) is 6.26. The van der Waals surface area contributed by atoms with Crippen LogP contribution in [0.1, 0.15) is 11.3 Å². The summed E-state index contributed by atoms with van der Waals surface area (Å²) in [6.07, 6.45) is 3.39. The van der Waals surface area contributed by atoms with E-state index in [-0.39, 0.29) is 0 Å².